The van der Waals surface area contributed by atoms with Crippen molar-refractivity contribution in [2.24, 2.45) is 5.92 Å². The van der Waals surface area contributed by atoms with Crippen LogP contribution in [-0.4, -0.2) is 30.9 Å². The van der Waals surface area contributed by atoms with Crippen molar-refractivity contribution in [2.45, 2.75) is 19.9 Å². The first-order valence-electron chi connectivity index (χ1n) is 10.8. The van der Waals surface area contributed by atoms with Gasteiger partial charge in [0.1, 0.15) is 11.5 Å². The van der Waals surface area contributed by atoms with Gasteiger partial charge in [-0.25, -0.2) is 0 Å². The number of hydrogen-bond acceptors (Lipinski definition) is 5. The number of furan rings is 1. The number of carbonyl (C=O) groups is 3. The highest BCUT2D eigenvalue weighted by Crippen LogP contribution is 2.27. The van der Waals surface area contributed by atoms with Crippen LogP contribution < -0.4 is 20.3 Å². The maximum absolute atomic E-state index is 12.5. The molecule has 0 unspecified atom stereocenters. The monoisotopic (exact) mass is 481 g/mol. The van der Waals surface area contributed by atoms with E-state index in [9.17, 15) is 14.4 Å². The van der Waals surface area contributed by atoms with Crippen LogP contribution in [0.5, 0.6) is 5.75 Å². The number of carbonyl (C=O) groups excluding carboxylic acids is 3. The van der Waals surface area contributed by atoms with Crippen molar-refractivity contribution in [2.75, 3.05) is 23.4 Å². The normalized spacial score (nSPS) is 15.3. The highest BCUT2D eigenvalue weighted by molar-refractivity contribution is 6.31. The number of anilines is 2. The van der Waals surface area contributed by atoms with Gasteiger partial charge in [-0.2, -0.15) is 0 Å². The zero-order valence-corrected chi connectivity index (χ0v) is 19.3. The molecular formula is C25H24ClN3O5. The molecule has 34 heavy (non-hydrogen) atoms. The number of halogens is 1. The molecule has 8 nitrogen and oxygen atoms in total. The molecule has 2 N–H and O–H groups in total. The number of nitrogens with zero attached hydrogens (tertiary/aromatic N) is 1. The summed E-state index contributed by atoms with van der Waals surface area (Å²) in [6.45, 7) is 2.23. The van der Waals surface area contributed by atoms with Crippen molar-refractivity contribution in [3.05, 3.63) is 77.2 Å². The Kier molecular flexibility index (Phi) is 7.18. The van der Waals surface area contributed by atoms with E-state index in [0.717, 1.165) is 5.56 Å². The van der Waals surface area contributed by atoms with Gasteiger partial charge in [0.2, 0.25) is 11.8 Å². The molecule has 1 fully saturated rings. The van der Waals surface area contributed by atoms with E-state index in [4.69, 9.17) is 20.8 Å². The van der Waals surface area contributed by atoms with Gasteiger partial charge in [-0.3, -0.25) is 14.4 Å². The summed E-state index contributed by atoms with van der Waals surface area (Å²) in [6.07, 6.45) is 1.69. The minimum Gasteiger partial charge on any atom is -0.484 e. The minimum atomic E-state index is -0.433. The van der Waals surface area contributed by atoms with Crippen LogP contribution in [-0.2, 0) is 20.9 Å². The number of hydrogen-bond donors (Lipinski definition) is 2. The maximum atomic E-state index is 12.5. The van der Waals surface area contributed by atoms with E-state index in [2.05, 4.69) is 10.6 Å². The zero-order valence-electron chi connectivity index (χ0n) is 18.5. The third-order valence-corrected chi connectivity index (χ3v) is 5.98. The Morgan fingerprint density at radius 1 is 1.15 bits per heavy atom. The lowest BCUT2D eigenvalue weighted by atomic mass is 10.1. The average Bonchev–Trinajstić information content (AvgIpc) is 3.49. The lowest BCUT2D eigenvalue weighted by Crippen LogP contribution is -2.32. The molecule has 0 saturated carbocycles. The maximum Gasteiger partial charge on any atom is 0.262 e. The lowest BCUT2D eigenvalue weighted by Gasteiger charge is -2.17. The number of ether oxygens (including phenoxy) is 1. The molecule has 0 spiro atoms. The number of amides is 3. The van der Waals surface area contributed by atoms with Crippen molar-refractivity contribution in [1.82, 2.24) is 5.32 Å². The molecule has 0 radical (unpaired) electrons. The van der Waals surface area contributed by atoms with Gasteiger partial charge in [0, 0.05) is 29.4 Å². The molecule has 2 aromatic carbocycles. The van der Waals surface area contributed by atoms with Gasteiger partial charge in [0.15, 0.2) is 6.61 Å². The molecule has 1 atom stereocenters. The molecule has 176 valence electrons. The van der Waals surface area contributed by atoms with Gasteiger partial charge >= 0.3 is 0 Å². The van der Waals surface area contributed by atoms with E-state index < -0.39 is 5.92 Å². The van der Waals surface area contributed by atoms with Crippen LogP contribution in [0.15, 0.2) is 65.3 Å². The van der Waals surface area contributed by atoms with Crippen LogP contribution >= 0.6 is 11.6 Å². The molecule has 9 heteroatoms. The second kappa shape index (κ2) is 10.4. The zero-order chi connectivity index (χ0) is 24.1. The molecular weight excluding hydrogens is 458 g/mol. The highest BCUT2D eigenvalue weighted by atomic mass is 35.5. The number of rotatable bonds is 8. The van der Waals surface area contributed by atoms with E-state index >= 15 is 0 Å². The molecule has 0 bridgehead atoms. The highest BCUT2D eigenvalue weighted by Gasteiger charge is 2.35. The third-order valence-electron chi connectivity index (χ3n) is 5.57. The van der Waals surface area contributed by atoms with Crippen LogP contribution in [0.25, 0.3) is 0 Å². The van der Waals surface area contributed by atoms with E-state index in [1.165, 1.54) is 0 Å². The molecule has 0 aliphatic carbocycles. The molecule has 1 aliphatic heterocycles. The van der Waals surface area contributed by atoms with Gasteiger partial charge in [-0.05, 0) is 61.0 Å². The van der Waals surface area contributed by atoms with E-state index in [0.29, 0.717) is 34.5 Å². The van der Waals surface area contributed by atoms with Gasteiger partial charge in [0.05, 0.1) is 18.7 Å². The molecule has 3 aromatic rings. The van der Waals surface area contributed by atoms with Crippen molar-refractivity contribution >= 4 is 40.7 Å². The largest absolute Gasteiger partial charge is 0.484 e. The van der Waals surface area contributed by atoms with E-state index in [-0.39, 0.29) is 37.3 Å². The summed E-state index contributed by atoms with van der Waals surface area (Å²) in [5, 5.41) is 6.15. The average molecular weight is 482 g/mol. The quantitative estimate of drug-likeness (QED) is 0.507. The third kappa shape index (κ3) is 5.58. The van der Waals surface area contributed by atoms with Crippen molar-refractivity contribution in [3.63, 3.8) is 0 Å². The fraction of sp³-hybridized carbons (Fsp3) is 0.240. The smallest absolute Gasteiger partial charge is 0.262 e. The summed E-state index contributed by atoms with van der Waals surface area (Å²) in [6, 6.07) is 15.6. The number of nitrogens with one attached hydrogen (secondary N) is 2. The van der Waals surface area contributed by atoms with Gasteiger partial charge < -0.3 is 24.7 Å². The van der Waals surface area contributed by atoms with Crippen LogP contribution in [0, 0.1) is 12.8 Å². The first kappa shape index (κ1) is 23.4. The van der Waals surface area contributed by atoms with E-state index in [1.807, 2.05) is 6.92 Å². The Labute approximate surface area is 201 Å². The topological polar surface area (TPSA) is 101 Å². The predicted molar refractivity (Wildman–Crippen MR) is 128 cm³/mol. The standard InChI is InChI=1S/C25H24ClN3O5/c1-16-21(26)5-2-6-22(16)28-23(30)15-34-19-9-7-18(8-10-19)29-14-17(12-24(29)31)25(32)27-13-20-4-3-11-33-20/h2-11,17H,12-15H2,1H3,(H,27,32)(H,28,30)/t17-/m1/s1. The van der Waals surface area contributed by atoms with Crippen LogP contribution in [0.2, 0.25) is 5.02 Å². The molecule has 1 aromatic heterocycles. The minimum absolute atomic E-state index is 0.122. The van der Waals surface area contributed by atoms with Gasteiger partial charge in [-0.1, -0.05) is 17.7 Å². The SMILES string of the molecule is Cc1c(Cl)cccc1NC(=O)COc1ccc(N2C[C@H](C(=O)NCc3ccco3)CC2=O)cc1. The molecule has 3 amide bonds. The fourth-order valence-corrected chi connectivity index (χ4v) is 3.84. The molecule has 1 saturated heterocycles. The summed E-state index contributed by atoms with van der Waals surface area (Å²) in [4.78, 5) is 38.7. The predicted octanol–water partition coefficient (Wildman–Crippen LogP) is 3.93. The fourth-order valence-electron chi connectivity index (χ4n) is 3.66. The Morgan fingerprint density at radius 2 is 1.94 bits per heavy atom. The summed E-state index contributed by atoms with van der Waals surface area (Å²) in [5.41, 5.74) is 2.08. The first-order chi connectivity index (χ1) is 16.4. The first-order valence-corrected chi connectivity index (χ1v) is 11.2. The van der Waals surface area contributed by atoms with Crippen LogP contribution in [0.1, 0.15) is 17.7 Å². The van der Waals surface area contributed by atoms with Crippen molar-refractivity contribution < 1.29 is 23.5 Å². The van der Waals surface area contributed by atoms with Crippen molar-refractivity contribution in [1.29, 1.82) is 0 Å². The molecule has 1 aliphatic rings. The summed E-state index contributed by atoms with van der Waals surface area (Å²) in [5.74, 6) is 0.0865. The number of benzene rings is 2. The summed E-state index contributed by atoms with van der Waals surface area (Å²) < 4.78 is 10.8. The van der Waals surface area contributed by atoms with Crippen molar-refractivity contribution in [3.8, 4) is 5.75 Å². The Bertz CT molecular complexity index is 1180. The molecule has 4 rings (SSSR count). The Morgan fingerprint density at radius 3 is 2.68 bits per heavy atom. The van der Waals surface area contributed by atoms with Crippen LogP contribution in [0.3, 0.4) is 0 Å². The Balaban J connectivity index is 1.28. The second-order valence-corrected chi connectivity index (χ2v) is 8.35. The summed E-state index contributed by atoms with van der Waals surface area (Å²) in [7, 11) is 0. The molecule has 2 heterocycles. The van der Waals surface area contributed by atoms with Crippen LogP contribution in [0.4, 0.5) is 11.4 Å². The summed E-state index contributed by atoms with van der Waals surface area (Å²) >= 11 is 6.08. The Hall–Kier alpha value is -3.78. The lowest BCUT2D eigenvalue weighted by molar-refractivity contribution is -0.126. The second-order valence-electron chi connectivity index (χ2n) is 7.95. The van der Waals surface area contributed by atoms with E-state index in [1.54, 1.807) is 65.8 Å². The van der Waals surface area contributed by atoms with Gasteiger partial charge in [-0.15, -0.1) is 0 Å². The van der Waals surface area contributed by atoms with Gasteiger partial charge in [0.25, 0.3) is 5.91 Å².